The predicted molar refractivity (Wildman–Crippen MR) is 103 cm³/mol. The summed E-state index contributed by atoms with van der Waals surface area (Å²) in [6.07, 6.45) is 4.48. The Kier molecular flexibility index (Phi) is 5.50. The minimum absolute atomic E-state index is 0.0956. The molecule has 3 rings (SSSR count). The molecule has 6 heteroatoms. The van der Waals surface area contributed by atoms with E-state index in [0.717, 1.165) is 27.4 Å². The number of ether oxygens (including phenoxy) is 1. The van der Waals surface area contributed by atoms with Crippen LogP contribution < -0.4 is 10.2 Å². The second kappa shape index (κ2) is 7.98. The SMILES string of the molecule is CCc1cccc2c(C=NNC(=O)COc3cccc(Br)c3)c[nH]c12. The Hall–Kier alpha value is -2.60. The monoisotopic (exact) mass is 399 g/mol. The van der Waals surface area contributed by atoms with Gasteiger partial charge in [-0.15, -0.1) is 0 Å². The molecule has 0 bridgehead atoms. The number of fused-ring (bicyclic) bond motifs is 1. The quantitative estimate of drug-likeness (QED) is 0.485. The third-order valence-corrected chi connectivity index (χ3v) is 4.27. The Morgan fingerprint density at radius 1 is 1.32 bits per heavy atom. The van der Waals surface area contributed by atoms with Crippen LogP contribution in [0.2, 0.25) is 0 Å². The number of para-hydroxylation sites is 1. The number of hydrazone groups is 1. The summed E-state index contributed by atoms with van der Waals surface area (Å²) >= 11 is 3.36. The van der Waals surface area contributed by atoms with Crippen molar-refractivity contribution in [3.05, 3.63) is 64.3 Å². The summed E-state index contributed by atoms with van der Waals surface area (Å²) in [5, 5.41) is 5.10. The lowest BCUT2D eigenvalue weighted by Crippen LogP contribution is -2.24. The highest BCUT2D eigenvalue weighted by Crippen LogP contribution is 2.21. The Morgan fingerprint density at radius 3 is 2.96 bits per heavy atom. The summed E-state index contributed by atoms with van der Waals surface area (Å²) in [7, 11) is 0. The van der Waals surface area contributed by atoms with E-state index in [2.05, 4.69) is 44.4 Å². The lowest BCUT2D eigenvalue weighted by molar-refractivity contribution is -0.123. The van der Waals surface area contributed by atoms with Crippen molar-refractivity contribution >= 4 is 39.0 Å². The molecule has 0 atom stereocenters. The van der Waals surface area contributed by atoms with E-state index in [0.29, 0.717) is 5.75 Å². The van der Waals surface area contributed by atoms with Crippen molar-refractivity contribution in [3.8, 4) is 5.75 Å². The first kappa shape index (κ1) is 17.2. The van der Waals surface area contributed by atoms with Gasteiger partial charge in [-0.3, -0.25) is 4.79 Å². The van der Waals surface area contributed by atoms with E-state index >= 15 is 0 Å². The first-order valence-electron chi connectivity index (χ1n) is 7.96. The molecule has 5 nitrogen and oxygen atoms in total. The van der Waals surface area contributed by atoms with E-state index in [1.165, 1.54) is 5.56 Å². The average molecular weight is 400 g/mol. The molecule has 3 aromatic rings. The molecule has 0 saturated heterocycles. The summed E-state index contributed by atoms with van der Waals surface area (Å²) in [6.45, 7) is 2.02. The van der Waals surface area contributed by atoms with E-state index in [-0.39, 0.29) is 12.5 Å². The zero-order valence-electron chi connectivity index (χ0n) is 13.8. The predicted octanol–water partition coefficient (Wildman–Crippen LogP) is 4.02. The van der Waals surface area contributed by atoms with Crippen LogP contribution in [-0.4, -0.2) is 23.7 Å². The van der Waals surface area contributed by atoms with Gasteiger partial charge in [0.1, 0.15) is 5.75 Å². The Bertz CT molecular complexity index is 918. The first-order chi connectivity index (χ1) is 12.2. The van der Waals surface area contributed by atoms with Gasteiger partial charge in [0.15, 0.2) is 6.61 Å². The summed E-state index contributed by atoms with van der Waals surface area (Å²) in [6, 6.07) is 13.5. The summed E-state index contributed by atoms with van der Waals surface area (Å²) in [5.41, 5.74) is 5.77. The van der Waals surface area contributed by atoms with Gasteiger partial charge in [0.2, 0.25) is 0 Å². The largest absolute Gasteiger partial charge is 0.484 e. The van der Waals surface area contributed by atoms with Gasteiger partial charge in [-0.2, -0.15) is 5.10 Å². The third-order valence-electron chi connectivity index (χ3n) is 3.77. The molecule has 0 fully saturated rings. The van der Waals surface area contributed by atoms with Gasteiger partial charge in [-0.05, 0) is 30.2 Å². The molecular weight excluding hydrogens is 382 g/mol. The molecule has 1 heterocycles. The van der Waals surface area contributed by atoms with E-state index in [4.69, 9.17) is 4.74 Å². The normalized spacial score (nSPS) is 11.1. The number of amides is 1. The highest BCUT2D eigenvalue weighted by molar-refractivity contribution is 9.10. The lowest BCUT2D eigenvalue weighted by Gasteiger charge is -2.05. The number of aryl methyl sites for hydroxylation is 1. The molecule has 0 aliphatic rings. The third kappa shape index (κ3) is 4.28. The number of hydrogen-bond donors (Lipinski definition) is 2. The van der Waals surface area contributed by atoms with Crippen molar-refractivity contribution in [2.45, 2.75) is 13.3 Å². The van der Waals surface area contributed by atoms with Crippen molar-refractivity contribution in [1.29, 1.82) is 0 Å². The maximum absolute atomic E-state index is 11.8. The number of nitrogens with zero attached hydrogens (tertiary/aromatic N) is 1. The van der Waals surface area contributed by atoms with Gasteiger partial charge in [0.05, 0.1) is 6.21 Å². The maximum atomic E-state index is 11.8. The number of rotatable bonds is 6. The molecule has 0 radical (unpaired) electrons. The second-order valence-corrected chi connectivity index (χ2v) is 6.39. The molecule has 0 aliphatic heterocycles. The molecule has 0 aliphatic carbocycles. The molecule has 0 saturated carbocycles. The molecule has 1 aromatic heterocycles. The lowest BCUT2D eigenvalue weighted by atomic mass is 10.1. The van der Waals surface area contributed by atoms with Crippen molar-refractivity contribution in [1.82, 2.24) is 10.4 Å². The highest BCUT2D eigenvalue weighted by atomic mass is 79.9. The average Bonchev–Trinajstić information content (AvgIpc) is 3.03. The van der Waals surface area contributed by atoms with Crippen LogP contribution in [0.5, 0.6) is 5.75 Å². The standard InChI is InChI=1S/C19H18BrN3O2/c1-2-13-5-3-8-17-14(10-21-19(13)17)11-22-23-18(24)12-25-16-7-4-6-15(20)9-16/h3-11,21H,2,12H2,1H3,(H,23,24). The molecule has 0 unspecified atom stereocenters. The maximum Gasteiger partial charge on any atom is 0.277 e. The van der Waals surface area contributed by atoms with Crippen molar-refractivity contribution in [2.75, 3.05) is 6.61 Å². The smallest absolute Gasteiger partial charge is 0.277 e. The molecule has 25 heavy (non-hydrogen) atoms. The minimum atomic E-state index is -0.315. The summed E-state index contributed by atoms with van der Waals surface area (Å²) in [4.78, 5) is 15.1. The van der Waals surface area contributed by atoms with Gasteiger partial charge in [-0.25, -0.2) is 5.43 Å². The van der Waals surface area contributed by atoms with E-state index in [1.807, 2.05) is 30.5 Å². The number of carbonyl (C=O) groups excluding carboxylic acids is 1. The van der Waals surface area contributed by atoms with E-state index in [9.17, 15) is 4.79 Å². The van der Waals surface area contributed by atoms with E-state index < -0.39 is 0 Å². The molecular formula is C19H18BrN3O2. The van der Waals surface area contributed by atoms with Crippen LogP contribution in [0.1, 0.15) is 18.1 Å². The summed E-state index contributed by atoms with van der Waals surface area (Å²) in [5.74, 6) is 0.308. The van der Waals surface area contributed by atoms with Crippen LogP contribution in [0.25, 0.3) is 10.9 Å². The van der Waals surface area contributed by atoms with Crippen LogP contribution in [0, 0.1) is 0 Å². The Balaban J connectivity index is 1.59. The zero-order valence-corrected chi connectivity index (χ0v) is 15.3. The number of halogens is 1. The number of benzene rings is 2. The zero-order chi connectivity index (χ0) is 17.6. The van der Waals surface area contributed by atoms with Crippen molar-refractivity contribution in [3.63, 3.8) is 0 Å². The first-order valence-corrected chi connectivity index (χ1v) is 8.76. The summed E-state index contributed by atoms with van der Waals surface area (Å²) < 4.78 is 6.31. The van der Waals surface area contributed by atoms with Gasteiger partial charge in [0.25, 0.3) is 5.91 Å². The number of hydrogen-bond acceptors (Lipinski definition) is 3. The molecule has 0 spiro atoms. The molecule has 2 N–H and O–H groups in total. The van der Waals surface area contributed by atoms with Crippen molar-refractivity contribution in [2.24, 2.45) is 5.10 Å². The van der Waals surface area contributed by atoms with Crippen LogP contribution >= 0.6 is 15.9 Å². The fraction of sp³-hybridized carbons (Fsp3) is 0.158. The van der Waals surface area contributed by atoms with Gasteiger partial charge in [-0.1, -0.05) is 47.1 Å². The minimum Gasteiger partial charge on any atom is -0.484 e. The van der Waals surface area contributed by atoms with Crippen LogP contribution in [0.15, 0.2) is 58.2 Å². The second-order valence-electron chi connectivity index (χ2n) is 5.48. The Labute approximate surface area is 154 Å². The highest BCUT2D eigenvalue weighted by Gasteiger charge is 2.05. The number of nitrogens with one attached hydrogen (secondary N) is 2. The van der Waals surface area contributed by atoms with Crippen molar-refractivity contribution < 1.29 is 9.53 Å². The van der Waals surface area contributed by atoms with E-state index in [1.54, 1.807) is 18.3 Å². The van der Waals surface area contributed by atoms with Crippen LogP contribution in [-0.2, 0) is 11.2 Å². The van der Waals surface area contributed by atoms with Crippen LogP contribution in [0.3, 0.4) is 0 Å². The van der Waals surface area contributed by atoms with Gasteiger partial charge in [0, 0.05) is 27.1 Å². The number of carbonyl (C=O) groups is 1. The fourth-order valence-electron chi connectivity index (χ4n) is 2.55. The molecule has 1 amide bonds. The Morgan fingerprint density at radius 2 is 2.16 bits per heavy atom. The molecule has 128 valence electrons. The van der Waals surface area contributed by atoms with Gasteiger partial charge >= 0.3 is 0 Å². The topological polar surface area (TPSA) is 66.5 Å². The number of H-pyrrole nitrogens is 1. The fourth-order valence-corrected chi connectivity index (χ4v) is 2.93. The number of aromatic nitrogens is 1. The van der Waals surface area contributed by atoms with Crippen LogP contribution in [0.4, 0.5) is 0 Å². The number of aromatic amines is 1. The molecule has 2 aromatic carbocycles. The van der Waals surface area contributed by atoms with Gasteiger partial charge < -0.3 is 9.72 Å².